The van der Waals surface area contributed by atoms with Crippen molar-refractivity contribution in [3.63, 3.8) is 0 Å². The van der Waals surface area contributed by atoms with Crippen LogP contribution in [0.5, 0.6) is 0 Å². The average Bonchev–Trinajstić information content (AvgIpc) is 3.39. The first-order valence-corrected chi connectivity index (χ1v) is 8.03. The molecule has 6 nitrogen and oxygen atoms in total. The number of hydrogen-bond donors (Lipinski definition) is 2. The molecule has 3 rings (SSSR count). The largest absolute Gasteiger partial charge is 0.450 e. The summed E-state index contributed by atoms with van der Waals surface area (Å²) in [6.07, 6.45) is -0.985. The molecule has 0 aliphatic carbocycles. The SMILES string of the molecule is O=C(Nc1ccccc1)OC[C@@H]1[B][C@H]1COC(=O)Nc1ccccc1. The zero-order valence-corrected chi connectivity index (χ0v) is 13.6. The molecular weight excluding hydrogens is 319 g/mol. The third-order valence-corrected chi connectivity index (χ3v) is 3.76. The molecule has 1 fully saturated rings. The van der Waals surface area contributed by atoms with Gasteiger partial charge in [-0.1, -0.05) is 36.4 Å². The second-order valence-corrected chi connectivity index (χ2v) is 5.70. The summed E-state index contributed by atoms with van der Waals surface area (Å²) >= 11 is 0. The van der Waals surface area contributed by atoms with Crippen molar-refractivity contribution in [2.24, 2.45) is 0 Å². The average molecular weight is 337 g/mol. The van der Waals surface area contributed by atoms with Gasteiger partial charge in [-0.15, -0.1) is 0 Å². The molecule has 7 heteroatoms. The highest BCUT2D eigenvalue weighted by Crippen LogP contribution is 2.41. The van der Waals surface area contributed by atoms with Gasteiger partial charge in [0, 0.05) is 11.4 Å². The molecule has 0 aromatic heterocycles. The van der Waals surface area contributed by atoms with Crippen LogP contribution in [0.1, 0.15) is 0 Å². The lowest BCUT2D eigenvalue weighted by atomic mass is 10.0. The Bertz CT molecular complexity index is 650. The summed E-state index contributed by atoms with van der Waals surface area (Å²) in [6.45, 7) is 0.542. The van der Waals surface area contributed by atoms with E-state index >= 15 is 0 Å². The molecule has 25 heavy (non-hydrogen) atoms. The third-order valence-electron chi connectivity index (χ3n) is 3.76. The van der Waals surface area contributed by atoms with Crippen LogP contribution in [0.2, 0.25) is 11.6 Å². The summed E-state index contributed by atoms with van der Waals surface area (Å²) in [6, 6.07) is 18.2. The quantitative estimate of drug-likeness (QED) is 0.787. The lowest BCUT2D eigenvalue weighted by molar-refractivity contribution is 0.151. The third kappa shape index (κ3) is 5.56. The molecule has 1 aliphatic heterocycles. The molecule has 1 radical (unpaired) electrons. The van der Waals surface area contributed by atoms with E-state index in [-0.39, 0.29) is 24.8 Å². The molecule has 1 aliphatic rings. The monoisotopic (exact) mass is 337 g/mol. The Morgan fingerprint density at radius 3 is 1.56 bits per heavy atom. The highest BCUT2D eigenvalue weighted by atomic mass is 16.6. The van der Waals surface area contributed by atoms with Crippen LogP contribution in [0.4, 0.5) is 21.0 Å². The topological polar surface area (TPSA) is 76.7 Å². The standard InChI is InChI=1S/C18H18BN2O4/c22-17(20-13-7-3-1-4-8-13)24-11-15-16(19-15)12-25-18(23)21-14-9-5-2-6-10-14/h1-10,15-16H,11-12H2,(H,20,22)(H,21,23)/t15-,16-/m0/s1. The second-order valence-electron chi connectivity index (χ2n) is 5.70. The Morgan fingerprint density at radius 2 is 1.16 bits per heavy atom. The van der Waals surface area contributed by atoms with Crippen LogP contribution in [0.3, 0.4) is 0 Å². The van der Waals surface area contributed by atoms with E-state index in [2.05, 4.69) is 10.6 Å². The maximum atomic E-state index is 11.7. The zero-order valence-electron chi connectivity index (χ0n) is 13.6. The fraction of sp³-hybridized carbons (Fsp3) is 0.222. The predicted octanol–water partition coefficient (Wildman–Crippen LogP) is 3.78. The number of para-hydroxylation sites is 2. The van der Waals surface area contributed by atoms with Crippen molar-refractivity contribution in [3.8, 4) is 0 Å². The minimum atomic E-state index is -0.493. The van der Waals surface area contributed by atoms with Crippen LogP contribution >= 0.6 is 0 Å². The molecule has 2 atom stereocenters. The van der Waals surface area contributed by atoms with Gasteiger partial charge in [0.15, 0.2) is 0 Å². The summed E-state index contributed by atoms with van der Waals surface area (Å²) < 4.78 is 10.3. The number of carbonyl (C=O) groups is 2. The van der Waals surface area contributed by atoms with Gasteiger partial charge in [0.2, 0.25) is 0 Å². The number of amides is 2. The van der Waals surface area contributed by atoms with Gasteiger partial charge in [-0.3, -0.25) is 10.6 Å². The molecule has 2 amide bonds. The van der Waals surface area contributed by atoms with Gasteiger partial charge in [0.25, 0.3) is 0 Å². The summed E-state index contributed by atoms with van der Waals surface area (Å²) in [7, 11) is 1.99. The lowest BCUT2D eigenvalue weighted by Gasteiger charge is -2.08. The summed E-state index contributed by atoms with van der Waals surface area (Å²) in [5.74, 6) is 0.233. The van der Waals surface area contributed by atoms with E-state index < -0.39 is 12.2 Å². The van der Waals surface area contributed by atoms with Crippen LogP contribution in [-0.4, -0.2) is 32.7 Å². The summed E-state index contributed by atoms with van der Waals surface area (Å²) in [5, 5.41) is 5.29. The molecule has 0 unspecified atom stereocenters. The van der Waals surface area contributed by atoms with Crippen molar-refractivity contribution in [2.75, 3.05) is 23.8 Å². The first kappa shape index (κ1) is 16.9. The molecule has 1 heterocycles. The smallest absolute Gasteiger partial charge is 0.411 e. The Kier molecular flexibility index (Phi) is 5.56. The second kappa shape index (κ2) is 8.23. The molecule has 0 spiro atoms. The zero-order chi connectivity index (χ0) is 17.5. The molecule has 0 bridgehead atoms. The number of nitrogens with one attached hydrogen (secondary N) is 2. The Labute approximate surface area is 146 Å². The van der Waals surface area contributed by atoms with Crippen molar-refractivity contribution in [3.05, 3.63) is 60.7 Å². The van der Waals surface area contributed by atoms with E-state index in [1.807, 2.05) is 43.7 Å². The first-order valence-electron chi connectivity index (χ1n) is 8.03. The maximum Gasteiger partial charge on any atom is 0.411 e. The van der Waals surface area contributed by atoms with Crippen LogP contribution in [0, 0.1) is 0 Å². The van der Waals surface area contributed by atoms with Crippen molar-refractivity contribution in [1.82, 2.24) is 0 Å². The molecule has 2 N–H and O–H groups in total. The van der Waals surface area contributed by atoms with Gasteiger partial charge in [-0.05, 0) is 35.9 Å². The van der Waals surface area contributed by atoms with E-state index in [1.54, 1.807) is 24.3 Å². The highest BCUT2D eigenvalue weighted by molar-refractivity contribution is 6.54. The van der Waals surface area contributed by atoms with Gasteiger partial charge in [0.1, 0.15) is 7.28 Å². The molecule has 2 aromatic carbocycles. The Balaban J connectivity index is 1.29. The number of ether oxygens (including phenoxy) is 2. The number of benzene rings is 2. The molecule has 0 saturated carbocycles. The fourth-order valence-electron chi connectivity index (χ4n) is 2.31. The van der Waals surface area contributed by atoms with Gasteiger partial charge >= 0.3 is 12.2 Å². The number of rotatable bonds is 6. The Morgan fingerprint density at radius 1 is 0.760 bits per heavy atom. The number of hydrogen-bond acceptors (Lipinski definition) is 4. The van der Waals surface area contributed by atoms with E-state index in [9.17, 15) is 9.59 Å². The Hall–Kier alpha value is -2.96. The van der Waals surface area contributed by atoms with E-state index in [0.29, 0.717) is 11.4 Å². The van der Waals surface area contributed by atoms with Crippen molar-refractivity contribution in [1.29, 1.82) is 0 Å². The molecule has 1 saturated heterocycles. The van der Waals surface area contributed by atoms with E-state index in [4.69, 9.17) is 9.47 Å². The first-order chi connectivity index (χ1) is 12.2. The van der Waals surface area contributed by atoms with Gasteiger partial charge in [-0.2, -0.15) is 0 Å². The predicted molar refractivity (Wildman–Crippen MR) is 96.1 cm³/mol. The van der Waals surface area contributed by atoms with Gasteiger partial charge < -0.3 is 9.47 Å². The molecule has 127 valence electrons. The normalized spacial score (nSPS) is 17.8. The van der Waals surface area contributed by atoms with Gasteiger partial charge in [0.05, 0.1) is 13.2 Å². The molecule has 2 aromatic rings. The van der Waals surface area contributed by atoms with E-state index in [1.165, 1.54) is 0 Å². The maximum absolute atomic E-state index is 11.7. The number of anilines is 2. The minimum Gasteiger partial charge on any atom is -0.450 e. The van der Waals surface area contributed by atoms with Crippen LogP contribution < -0.4 is 10.6 Å². The van der Waals surface area contributed by atoms with Crippen molar-refractivity contribution >= 4 is 30.8 Å². The fourth-order valence-corrected chi connectivity index (χ4v) is 2.31. The van der Waals surface area contributed by atoms with Crippen LogP contribution in [0.25, 0.3) is 0 Å². The number of carbonyl (C=O) groups excluding carboxylic acids is 2. The van der Waals surface area contributed by atoms with Gasteiger partial charge in [-0.25, -0.2) is 9.59 Å². The lowest BCUT2D eigenvalue weighted by Crippen LogP contribution is -2.15. The highest BCUT2D eigenvalue weighted by Gasteiger charge is 2.40. The summed E-state index contributed by atoms with van der Waals surface area (Å²) in [4.78, 5) is 23.4. The van der Waals surface area contributed by atoms with Crippen LogP contribution in [0.15, 0.2) is 60.7 Å². The van der Waals surface area contributed by atoms with Crippen molar-refractivity contribution in [2.45, 2.75) is 11.6 Å². The summed E-state index contributed by atoms with van der Waals surface area (Å²) in [5.41, 5.74) is 1.37. The minimum absolute atomic E-state index is 0.117. The molecular formula is C18H18BN2O4. The van der Waals surface area contributed by atoms with Crippen molar-refractivity contribution < 1.29 is 19.1 Å². The van der Waals surface area contributed by atoms with Crippen LogP contribution in [-0.2, 0) is 9.47 Å². The van der Waals surface area contributed by atoms with E-state index in [0.717, 1.165) is 0 Å².